The van der Waals surface area contributed by atoms with Crippen LogP contribution in [0.3, 0.4) is 0 Å². The topological polar surface area (TPSA) is 15.8 Å². The van der Waals surface area contributed by atoms with Gasteiger partial charge < -0.3 is 4.98 Å². The molecule has 29 heavy (non-hydrogen) atoms. The third-order valence-corrected chi connectivity index (χ3v) is 6.33. The minimum absolute atomic E-state index is 1.20. The molecule has 0 radical (unpaired) electrons. The summed E-state index contributed by atoms with van der Waals surface area (Å²) in [5.74, 6) is 0. The standard InChI is InChI=1S/C28H17N/c1-2-8-18-16-26-24(15-17(18)7-1)28-25(29-26)14-13-23-21-11-4-3-9-19(21)20-10-5-6-12-22(20)27(23)28/h1-16,29H. The van der Waals surface area contributed by atoms with E-state index in [1.807, 2.05) is 0 Å². The summed E-state index contributed by atoms with van der Waals surface area (Å²) in [6, 6.07) is 35.3. The van der Waals surface area contributed by atoms with E-state index in [-0.39, 0.29) is 0 Å². The lowest BCUT2D eigenvalue weighted by molar-refractivity contribution is 1.56. The molecule has 0 aliphatic heterocycles. The first kappa shape index (κ1) is 15.1. The molecule has 0 aliphatic rings. The van der Waals surface area contributed by atoms with Crippen molar-refractivity contribution in [1.29, 1.82) is 0 Å². The predicted molar refractivity (Wildman–Crippen MR) is 126 cm³/mol. The van der Waals surface area contributed by atoms with E-state index in [1.54, 1.807) is 0 Å². The molecule has 0 aliphatic carbocycles. The highest BCUT2D eigenvalue weighted by Gasteiger charge is 2.14. The van der Waals surface area contributed by atoms with Crippen LogP contribution in [-0.4, -0.2) is 4.98 Å². The number of hydrogen-bond acceptors (Lipinski definition) is 0. The van der Waals surface area contributed by atoms with Crippen LogP contribution in [0.15, 0.2) is 97.1 Å². The van der Waals surface area contributed by atoms with Crippen molar-refractivity contribution in [2.75, 3.05) is 0 Å². The fourth-order valence-corrected chi connectivity index (χ4v) is 5.08. The molecule has 7 rings (SSSR count). The first-order chi connectivity index (χ1) is 14.4. The molecule has 0 amide bonds. The minimum atomic E-state index is 1.20. The van der Waals surface area contributed by atoms with Gasteiger partial charge in [0.2, 0.25) is 0 Å². The van der Waals surface area contributed by atoms with Crippen LogP contribution >= 0.6 is 0 Å². The molecular weight excluding hydrogens is 350 g/mol. The van der Waals surface area contributed by atoms with Crippen LogP contribution in [0, 0.1) is 0 Å². The number of benzene rings is 6. The third kappa shape index (κ3) is 1.94. The van der Waals surface area contributed by atoms with Crippen LogP contribution in [0.2, 0.25) is 0 Å². The SMILES string of the molecule is c1ccc2cc3c(cc2c1)[nH]c1ccc2c4ccccc4c4ccccc4c2c13. The van der Waals surface area contributed by atoms with E-state index in [2.05, 4.69) is 102 Å². The zero-order chi connectivity index (χ0) is 18.9. The van der Waals surface area contributed by atoms with E-state index in [0.717, 1.165) is 0 Å². The molecule has 0 spiro atoms. The van der Waals surface area contributed by atoms with Crippen molar-refractivity contribution in [1.82, 2.24) is 4.98 Å². The number of H-pyrrole nitrogens is 1. The highest BCUT2D eigenvalue weighted by atomic mass is 14.7. The van der Waals surface area contributed by atoms with Gasteiger partial charge in [0, 0.05) is 27.2 Å². The molecule has 0 atom stereocenters. The van der Waals surface area contributed by atoms with Crippen LogP contribution in [0.25, 0.3) is 64.9 Å². The van der Waals surface area contributed by atoms with Crippen molar-refractivity contribution in [3.63, 3.8) is 0 Å². The Hall–Kier alpha value is -3.84. The lowest BCUT2D eigenvalue weighted by atomic mass is 9.91. The first-order valence-corrected chi connectivity index (χ1v) is 10.0. The van der Waals surface area contributed by atoms with E-state index in [9.17, 15) is 0 Å². The summed E-state index contributed by atoms with van der Waals surface area (Å²) < 4.78 is 0. The molecule has 0 saturated heterocycles. The zero-order valence-corrected chi connectivity index (χ0v) is 15.7. The van der Waals surface area contributed by atoms with Crippen LogP contribution < -0.4 is 0 Å². The second-order valence-electron chi connectivity index (χ2n) is 7.87. The van der Waals surface area contributed by atoms with E-state index in [4.69, 9.17) is 0 Å². The van der Waals surface area contributed by atoms with Crippen LogP contribution in [0.1, 0.15) is 0 Å². The van der Waals surface area contributed by atoms with Crippen molar-refractivity contribution in [2.24, 2.45) is 0 Å². The summed E-state index contributed by atoms with van der Waals surface area (Å²) in [4.78, 5) is 3.68. The van der Waals surface area contributed by atoms with Gasteiger partial charge in [0.15, 0.2) is 0 Å². The number of nitrogens with one attached hydrogen (secondary N) is 1. The minimum Gasteiger partial charge on any atom is -0.354 e. The Balaban J connectivity index is 1.83. The molecule has 0 fully saturated rings. The van der Waals surface area contributed by atoms with E-state index < -0.39 is 0 Å². The Morgan fingerprint density at radius 1 is 0.379 bits per heavy atom. The Morgan fingerprint density at radius 3 is 1.66 bits per heavy atom. The lowest BCUT2D eigenvalue weighted by Gasteiger charge is -2.11. The molecule has 0 saturated carbocycles. The van der Waals surface area contributed by atoms with Gasteiger partial charge in [0.1, 0.15) is 0 Å². The molecule has 1 N–H and O–H groups in total. The smallest absolute Gasteiger partial charge is 0.0471 e. The highest BCUT2D eigenvalue weighted by molar-refractivity contribution is 6.35. The number of hydrogen-bond donors (Lipinski definition) is 1. The Labute approximate surface area is 167 Å². The van der Waals surface area contributed by atoms with Crippen LogP contribution in [0.4, 0.5) is 0 Å². The molecule has 1 heteroatoms. The maximum absolute atomic E-state index is 3.68. The van der Waals surface area contributed by atoms with Gasteiger partial charge in [-0.05, 0) is 55.9 Å². The van der Waals surface area contributed by atoms with E-state index >= 15 is 0 Å². The summed E-state index contributed by atoms with van der Waals surface area (Å²) in [5.41, 5.74) is 2.40. The summed E-state index contributed by atoms with van der Waals surface area (Å²) >= 11 is 0. The third-order valence-electron chi connectivity index (χ3n) is 6.33. The maximum Gasteiger partial charge on any atom is 0.0471 e. The second-order valence-corrected chi connectivity index (χ2v) is 7.87. The average molecular weight is 367 g/mol. The molecular formula is C28H17N. The van der Waals surface area contributed by atoms with Gasteiger partial charge in [-0.15, -0.1) is 0 Å². The van der Waals surface area contributed by atoms with Gasteiger partial charge >= 0.3 is 0 Å². The molecule has 7 aromatic rings. The molecule has 1 nitrogen and oxygen atoms in total. The normalized spacial score (nSPS) is 12.1. The summed E-state index contributed by atoms with van der Waals surface area (Å²) in [6.07, 6.45) is 0. The number of fused-ring (bicyclic) bond motifs is 11. The fraction of sp³-hybridized carbons (Fsp3) is 0. The maximum atomic E-state index is 3.68. The molecule has 134 valence electrons. The molecule has 0 unspecified atom stereocenters. The van der Waals surface area contributed by atoms with Gasteiger partial charge in [0.05, 0.1) is 0 Å². The number of aromatic amines is 1. The van der Waals surface area contributed by atoms with E-state index in [1.165, 1.54) is 64.9 Å². The number of aromatic nitrogens is 1. The fourth-order valence-electron chi connectivity index (χ4n) is 5.08. The zero-order valence-electron chi connectivity index (χ0n) is 15.7. The molecule has 1 heterocycles. The Bertz CT molecular complexity index is 1720. The number of rotatable bonds is 0. The summed E-state index contributed by atoms with van der Waals surface area (Å²) in [6.45, 7) is 0. The van der Waals surface area contributed by atoms with Crippen molar-refractivity contribution < 1.29 is 0 Å². The Morgan fingerprint density at radius 2 is 0.931 bits per heavy atom. The van der Waals surface area contributed by atoms with Gasteiger partial charge in [-0.3, -0.25) is 0 Å². The van der Waals surface area contributed by atoms with Crippen molar-refractivity contribution >= 4 is 64.9 Å². The predicted octanol–water partition coefficient (Wildman–Crippen LogP) is 7.93. The van der Waals surface area contributed by atoms with E-state index in [0.29, 0.717) is 0 Å². The average Bonchev–Trinajstić information content (AvgIpc) is 3.15. The van der Waals surface area contributed by atoms with Crippen LogP contribution in [-0.2, 0) is 0 Å². The van der Waals surface area contributed by atoms with Gasteiger partial charge in [0.25, 0.3) is 0 Å². The highest BCUT2D eigenvalue weighted by Crippen LogP contribution is 2.41. The quantitative estimate of drug-likeness (QED) is 0.262. The van der Waals surface area contributed by atoms with Gasteiger partial charge in [-0.2, -0.15) is 0 Å². The molecule has 0 bridgehead atoms. The van der Waals surface area contributed by atoms with Crippen molar-refractivity contribution in [2.45, 2.75) is 0 Å². The monoisotopic (exact) mass is 367 g/mol. The van der Waals surface area contributed by atoms with Gasteiger partial charge in [-0.1, -0.05) is 78.9 Å². The first-order valence-electron chi connectivity index (χ1n) is 10.0. The lowest BCUT2D eigenvalue weighted by Crippen LogP contribution is -1.84. The summed E-state index contributed by atoms with van der Waals surface area (Å²) in [7, 11) is 0. The molecule has 1 aromatic heterocycles. The summed E-state index contributed by atoms with van der Waals surface area (Å²) in [5, 5.41) is 13.1. The largest absolute Gasteiger partial charge is 0.354 e. The van der Waals surface area contributed by atoms with Crippen LogP contribution in [0.5, 0.6) is 0 Å². The molecule has 6 aromatic carbocycles. The van der Waals surface area contributed by atoms with Crippen molar-refractivity contribution in [3.8, 4) is 0 Å². The van der Waals surface area contributed by atoms with Gasteiger partial charge in [-0.25, -0.2) is 0 Å². The van der Waals surface area contributed by atoms with Crippen molar-refractivity contribution in [3.05, 3.63) is 97.1 Å². The second kappa shape index (κ2) is 5.36. The Kier molecular flexibility index (Phi) is 2.80.